The molecule has 0 aliphatic carbocycles. The fraction of sp³-hybridized carbons (Fsp3) is 0.0625. The monoisotopic (exact) mass is 316 g/mol. The maximum absolute atomic E-state index is 6.08. The molecule has 0 spiro atoms. The molecule has 5 heteroatoms. The maximum atomic E-state index is 6.08. The normalized spacial score (nSPS) is 10.5. The summed E-state index contributed by atoms with van der Waals surface area (Å²) in [4.78, 5) is 4.30. The molecular weight excluding hydrogens is 304 g/mol. The molecule has 0 fully saturated rings. The number of hydrogen-bond donors (Lipinski definition) is 1. The van der Waals surface area contributed by atoms with Gasteiger partial charge >= 0.3 is 0 Å². The second-order valence-electron chi connectivity index (χ2n) is 4.49. The van der Waals surface area contributed by atoms with E-state index >= 15 is 0 Å². The SMILES string of the molecule is Nc1nc(-c2cc(Cl)ccc2OCc2ccccc2)cs1. The number of nitrogen functional groups attached to an aromatic ring is 1. The number of thiazole rings is 1. The number of benzene rings is 2. The highest BCUT2D eigenvalue weighted by molar-refractivity contribution is 7.13. The van der Waals surface area contributed by atoms with Gasteiger partial charge in [-0.2, -0.15) is 0 Å². The molecule has 0 amide bonds. The number of aromatic nitrogens is 1. The van der Waals surface area contributed by atoms with E-state index in [0.29, 0.717) is 16.8 Å². The van der Waals surface area contributed by atoms with Gasteiger partial charge in [-0.1, -0.05) is 41.9 Å². The number of anilines is 1. The lowest BCUT2D eigenvalue weighted by molar-refractivity contribution is 0.307. The van der Waals surface area contributed by atoms with Crippen LogP contribution in [0.3, 0.4) is 0 Å². The number of nitrogens with zero attached hydrogens (tertiary/aromatic N) is 1. The highest BCUT2D eigenvalue weighted by atomic mass is 35.5. The summed E-state index contributed by atoms with van der Waals surface area (Å²) < 4.78 is 5.91. The summed E-state index contributed by atoms with van der Waals surface area (Å²) in [5, 5.41) is 3.07. The molecule has 2 N–H and O–H groups in total. The standard InChI is InChI=1S/C16H13ClN2OS/c17-12-6-7-15(20-9-11-4-2-1-3-5-11)13(8-12)14-10-21-16(18)19-14/h1-8,10H,9H2,(H2,18,19). The van der Waals surface area contributed by atoms with E-state index in [9.17, 15) is 0 Å². The Labute approximate surface area is 132 Å². The zero-order chi connectivity index (χ0) is 14.7. The number of nitrogens with two attached hydrogens (primary N) is 1. The molecule has 0 unspecified atom stereocenters. The average molecular weight is 317 g/mol. The molecule has 2 aromatic carbocycles. The molecule has 3 aromatic rings. The molecule has 0 saturated heterocycles. The van der Waals surface area contributed by atoms with Gasteiger partial charge in [0.05, 0.1) is 5.69 Å². The molecule has 3 rings (SSSR count). The van der Waals surface area contributed by atoms with Gasteiger partial charge in [0.15, 0.2) is 5.13 Å². The van der Waals surface area contributed by atoms with Crippen molar-refractivity contribution in [1.29, 1.82) is 0 Å². The Hall–Kier alpha value is -2.04. The predicted molar refractivity (Wildman–Crippen MR) is 87.7 cm³/mol. The molecule has 0 aliphatic heterocycles. The quantitative estimate of drug-likeness (QED) is 0.763. The van der Waals surface area contributed by atoms with Crippen LogP contribution in [0.1, 0.15) is 5.56 Å². The molecule has 0 atom stereocenters. The molecule has 0 radical (unpaired) electrons. The molecule has 1 aromatic heterocycles. The average Bonchev–Trinajstić information content (AvgIpc) is 2.93. The van der Waals surface area contributed by atoms with E-state index in [2.05, 4.69) is 4.98 Å². The van der Waals surface area contributed by atoms with Crippen LogP contribution in [-0.2, 0) is 6.61 Å². The summed E-state index contributed by atoms with van der Waals surface area (Å²) in [6, 6.07) is 15.5. The Morgan fingerprint density at radius 1 is 1.14 bits per heavy atom. The summed E-state index contributed by atoms with van der Waals surface area (Å²) in [6.45, 7) is 0.495. The van der Waals surface area contributed by atoms with E-state index in [1.165, 1.54) is 11.3 Å². The first kappa shape index (κ1) is 13.9. The molecule has 0 aliphatic rings. The smallest absolute Gasteiger partial charge is 0.180 e. The van der Waals surface area contributed by atoms with E-state index in [-0.39, 0.29) is 0 Å². The van der Waals surface area contributed by atoms with Crippen LogP contribution in [0.5, 0.6) is 5.75 Å². The molecule has 0 bridgehead atoms. The van der Waals surface area contributed by atoms with Gasteiger partial charge in [-0.15, -0.1) is 11.3 Å². The zero-order valence-corrected chi connectivity index (χ0v) is 12.7. The lowest BCUT2D eigenvalue weighted by atomic mass is 10.1. The minimum absolute atomic E-state index is 0.495. The molecule has 1 heterocycles. The van der Waals surface area contributed by atoms with E-state index < -0.39 is 0 Å². The Morgan fingerprint density at radius 2 is 1.95 bits per heavy atom. The number of ether oxygens (including phenoxy) is 1. The lowest BCUT2D eigenvalue weighted by Gasteiger charge is -2.10. The van der Waals surface area contributed by atoms with Gasteiger partial charge in [-0.3, -0.25) is 0 Å². The molecule has 106 valence electrons. The lowest BCUT2D eigenvalue weighted by Crippen LogP contribution is -1.97. The van der Waals surface area contributed by atoms with E-state index in [1.54, 1.807) is 6.07 Å². The van der Waals surface area contributed by atoms with Gasteiger partial charge in [-0.25, -0.2) is 4.98 Å². The van der Waals surface area contributed by atoms with Crippen molar-refractivity contribution in [2.75, 3.05) is 5.73 Å². The van der Waals surface area contributed by atoms with Crippen molar-refractivity contribution in [3.8, 4) is 17.0 Å². The van der Waals surface area contributed by atoms with Gasteiger partial charge in [-0.05, 0) is 23.8 Å². The number of rotatable bonds is 4. The van der Waals surface area contributed by atoms with Crippen molar-refractivity contribution in [1.82, 2.24) is 4.98 Å². The summed E-state index contributed by atoms with van der Waals surface area (Å²) in [5.74, 6) is 0.744. The Bertz CT molecular complexity index is 743. The van der Waals surface area contributed by atoms with Crippen LogP contribution in [0.15, 0.2) is 53.9 Å². The summed E-state index contributed by atoms with van der Waals surface area (Å²) in [7, 11) is 0. The molecule has 21 heavy (non-hydrogen) atoms. The van der Waals surface area contributed by atoms with Crippen molar-refractivity contribution in [2.24, 2.45) is 0 Å². The van der Waals surface area contributed by atoms with E-state index in [4.69, 9.17) is 22.1 Å². The van der Waals surface area contributed by atoms with Crippen LogP contribution >= 0.6 is 22.9 Å². The first-order valence-electron chi connectivity index (χ1n) is 6.40. The Balaban J connectivity index is 1.88. The molecule has 3 nitrogen and oxygen atoms in total. The summed E-state index contributed by atoms with van der Waals surface area (Å²) in [5.41, 5.74) is 8.44. The van der Waals surface area contributed by atoms with Crippen molar-refractivity contribution in [3.63, 3.8) is 0 Å². The Morgan fingerprint density at radius 3 is 2.67 bits per heavy atom. The van der Waals surface area contributed by atoms with Gasteiger partial charge in [0, 0.05) is 16.0 Å². The van der Waals surface area contributed by atoms with Crippen LogP contribution in [0.25, 0.3) is 11.3 Å². The topological polar surface area (TPSA) is 48.1 Å². The number of halogens is 1. The van der Waals surface area contributed by atoms with Crippen molar-refractivity contribution < 1.29 is 4.74 Å². The minimum atomic E-state index is 0.495. The van der Waals surface area contributed by atoms with Crippen LogP contribution in [0.4, 0.5) is 5.13 Å². The first-order chi connectivity index (χ1) is 10.2. The highest BCUT2D eigenvalue weighted by Gasteiger charge is 2.11. The van der Waals surface area contributed by atoms with Gasteiger partial charge in [0.1, 0.15) is 12.4 Å². The predicted octanol–water partition coefficient (Wildman–Crippen LogP) is 4.62. The second kappa shape index (κ2) is 6.16. The van der Waals surface area contributed by atoms with Gasteiger partial charge in [0.2, 0.25) is 0 Å². The third-order valence-electron chi connectivity index (χ3n) is 2.98. The minimum Gasteiger partial charge on any atom is -0.488 e. The molecule has 0 saturated carbocycles. The van der Waals surface area contributed by atoms with Gasteiger partial charge < -0.3 is 10.5 Å². The maximum Gasteiger partial charge on any atom is 0.180 e. The van der Waals surface area contributed by atoms with Crippen molar-refractivity contribution in [2.45, 2.75) is 6.61 Å². The zero-order valence-electron chi connectivity index (χ0n) is 11.1. The second-order valence-corrected chi connectivity index (χ2v) is 5.81. The van der Waals surface area contributed by atoms with Crippen LogP contribution in [-0.4, -0.2) is 4.98 Å². The largest absolute Gasteiger partial charge is 0.488 e. The number of hydrogen-bond acceptors (Lipinski definition) is 4. The van der Waals surface area contributed by atoms with Crippen molar-refractivity contribution in [3.05, 3.63) is 64.5 Å². The fourth-order valence-electron chi connectivity index (χ4n) is 1.97. The fourth-order valence-corrected chi connectivity index (χ4v) is 2.71. The summed E-state index contributed by atoms with van der Waals surface area (Å²) >= 11 is 7.48. The molecular formula is C16H13ClN2OS. The van der Waals surface area contributed by atoms with Crippen molar-refractivity contribution >= 4 is 28.1 Å². The van der Waals surface area contributed by atoms with Crippen LogP contribution in [0, 0.1) is 0 Å². The highest BCUT2D eigenvalue weighted by Crippen LogP contribution is 2.34. The van der Waals surface area contributed by atoms with E-state index in [0.717, 1.165) is 22.6 Å². The summed E-state index contributed by atoms with van der Waals surface area (Å²) in [6.07, 6.45) is 0. The van der Waals surface area contributed by atoms with E-state index in [1.807, 2.05) is 47.8 Å². The Kier molecular flexibility index (Phi) is 4.08. The van der Waals surface area contributed by atoms with Crippen LogP contribution < -0.4 is 10.5 Å². The first-order valence-corrected chi connectivity index (χ1v) is 7.66. The van der Waals surface area contributed by atoms with Gasteiger partial charge in [0.25, 0.3) is 0 Å². The third-order valence-corrected chi connectivity index (χ3v) is 3.89. The van der Waals surface area contributed by atoms with Crippen LogP contribution in [0.2, 0.25) is 5.02 Å². The third kappa shape index (κ3) is 3.35.